The zero-order valence-corrected chi connectivity index (χ0v) is 11.0. The van der Waals surface area contributed by atoms with Crippen LogP contribution in [0.15, 0.2) is 4.99 Å². The van der Waals surface area contributed by atoms with E-state index in [4.69, 9.17) is 0 Å². The summed E-state index contributed by atoms with van der Waals surface area (Å²) in [5, 5.41) is 6.11. The van der Waals surface area contributed by atoms with Gasteiger partial charge in [-0.3, -0.25) is 15.1 Å². The van der Waals surface area contributed by atoms with Crippen molar-refractivity contribution in [3.05, 3.63) is 0 Å². The minimum atomic E-state index is -0.444. The Balaban J connectivity index is 1.95. The van der Waals surface area contributed by atoms with E-state index < -0.39 is 5.54 Å². The molecular weight excluding hydrogens is 214 g/mol. The van der Waals surface area contributed by atoms with Gasteiger partial charge in [0, 0.05) is 6.54 Å². The molecule has 1 aliphatic carbocycles. The first-order chi connectivity index (χ1) is 7.99. The lowest BCUT2D eigenvalue weighted by atomic mass is 9.76. The summed E-state index contributed by atoms with van der Waals surface area (Å²) in [5.74, 6) is 1.96. The predicted octanol–water partition coefficient (Wildman–Crippen LogP) is 1.67. The first-order valence-electron chi connectivity index (χ1n) is 6.64. The summed E-state index contributed by atoms with van der Waals surface area (Å²) < 4.78 is 0. The van der Waals surface area contributed by atoms with E-state index in [1.54, 1.807) is 0 Å². The molecule has 0 aromatic carbocycles. The molecule has 4 heteroatoms. The number of amides is 1. The van der Waals surface area contributed by atoms with Crippen LogP contribution in [0.3, 0.4) is 0 Å². The molecule has 0 radical (unpaired) electrons. The average Bonchev–Trinajstić information content (AvgIpc) is 2.47. The number of hydrogen-bond acceptors (Lipinski definition) is 2. The van der Waals surface area contributed by atoms with Crippen molar-refractivity contribution in [3.8, 4) is 0 Å². The van der Waals surface area contributed by atoms with E-state index in [0.29, 0.717) is 17.8 Å². The molecule has 2 N–H and O–H groups in total. The Morgan fingerprint density at radius 1 is 1.47 bits per heavy atom. The van der Waals surface area contributed by atoms with Gasteiger partial charge in [-0.15, -0.1) is 0 Å². The quantitative estimate of drug-likeness (QED) is 0.781. The second-order valence-corrected chi connectivity index (χ2v) is 6.00. The molecule has 0 aromatic heterocycles. The summed E-state index contributed by atoms with van der Waals surface area (Å²) in [4.78, 5) is 16.4. The smallest absolute Gasteiger partial charge is 0.252 e. The first-order valence-corrected chi connectivity index (χ1v) is 6.64. The van der Waals surface area contributed by atoms with Gasteiger partial charge in [-0.2, -0.15) is 0 Å². The first kappa shape index (κ1) is 12.4. The Bertz CT molecular complexity index is 334. The van der Waals surface area contributed by atoms with Gasteiger partial charge in [0.2, 0.25) is 0 Å². The zero-order valence-electron chi connectivity index (χ0n) is 11.0. The molecule has 1 aliphatic heterocycles. The van der Waals surface area contributed by atoms with Crippen molar-refractivity contribution in [1.82, 2.24) is 10.6 Å². The van der Waals surface area contributed by atoms with E-state index in [-0.39, 0.29) is 5.91 Å². The standard InChI is InChI=1S/C13H23N3O/c1-9(2)8-14-12-15-11(17)13(3,16-12)7-10-5-4-6-10/h9-10H,4-8H2,1-3H3,(H2,14,15,16,17). The summed E-state index contributed by atoms with van der Waals surface area (Å²) in [5.41, 5.74) is -0.444. The molecule has 2 rings (SSSR count). The third-order valence-electron chi connectivity index (χ3n) is 3.66. The second kappa shape index (κ2) is 4.67. The molecule has 1 unspecified atom stereocenters. The van der Waals surface area contributed by atoms with Crippen molar-refractivity contribution in [1.29, 1.82) is 0 Å². The van der Waals surface area contributed by atoms with Gasteiger partial charge < -0.3 is 5.32 Å². The number of rotatable bonds is 4. The van der Waals surface area contributed by atoms with Crippen molar-refractivity contribution in [2.75, 3.05) is 6.54 Å². The van der Waals surface area contributed by atoms with Gasteiger partial charge in [0.25, 0.3) is 5.91 Å². The van der Waals surface area contributed by atoms with E-state index in [0.717, 1.165) is 13.0 Å². The van der Waals surface area contributed by atoms with Crippen molar-refractivity contribution in [3.63, 3.8) is 0 Å². The van der Waals surface area contributed by atoms with Gasteiger partial charge in [-0.1, -0.05) is 33.1 Å². The maximum atomic E-state index is 12.0. The van der Waals surface area contributed by atoms with E-state index in [1.165, 1.54) is 19.3 Å². The number of carbonyl (C=O) groups is 1. The Hall–Kier alpha value is -1.06. The molecule has 2 fully saturated rings. The van der Waals surface area contributed by atoms with E-state index in [2.05, 4.69) is 29.5 Å². The second-order valence-electron chi connectivity index (χ2n) is 6.00. The molecule has 0 spiro atoms. The van der Waals surface area contributed by atoms with Crippen LogP contribution in [0.4, 0.5) is 0 Å². The SMILES string of the molecule is CC(C)CN=C1NC(=O)C(C)(CC2CCC2)N1. The number of guanidine groups is 1. The molecule has 17 heavy (non-hydrogen) atoms. The molecule has 1 saturated heterocycles. The number of aliphatic imine (C=N–C) groups is 1. The molecule has 1 saturated carbocycles. The number of hydrogen-bond donors (Lipinski definition) is 2. The van der Waals surface area contributed by atoms with Crippen LogP contribution < -0.4 is 10.6 Å². The molecule has 4 nitrogen and oxygen atoms in total. The number of carbonyl (C=O) groups excluding carboxylic acids is 1. The fourth-order valence-electron chi connectivity index (χ4n) is 2.37. The van der Waals surface area contributed by atoms with Crippen LogP contribution in [0, 0.1) is 11.8 Å². The molecular formula is C13H23N3O. The van der Waals surface area contributed by atoms with Gasteiger partial charge in [-0.25, -0.2) is 0 Å². The molecule has 1 amide bonds. The summed E-state index contributed by atoms with van der Waals surface area (Å²) >= 11 is 0. The maximum absolute atomic E-state index is 12.0. The number of nitrogens with one attached hydrogen (secondary N) is 2. The lowest BCUT2D eigenvalue weighted by molar-refractivity contribution is -0.124. The zero-order chi connectivity index (χ0) is 12.5. The molecule has 96 valence electrons. The third kappa shape index (κ3) is 2.79. The fourth-order valence-corrected chi connectivity index (χ4v) is 2.37. The van der Waals surface area contributed by atoms with Crippen LogP contribution >= 0.6 is 0 Å². The summed E-state index contributed by atoms with van der Waals surface area (Å²) in [6.07, 6.45) is 4.78. The van der Waals surface area contributed by atoms with Crippen molar-refractivity contribution in [2.45, 2.75) is 52.0 Å². The lowest BCUT2D eigenvalue weighted by Crippen LogP contribution is -2.46. The van der Waals surface area contributed by atoms with Crippen LogP contribution in [0.2, 0.25) is 0 Å². The van der Waals surface area contributed by atoms with Crippen LogP contribution in [0.5, 0.6) is 0 Å². The largest absolute Gasteiger partial charge is 0.342 e. The minimum absolute atomic E-state index is 0.0758. The Labute approximate surface area is 103 Å². The summed E-state index contributed by atoms with van der Waals surface area (Å²) in [7, 11) is 0. The molecule has 0 aromatic rings. The molecule has 1 atom stereocenters. The maximum Gasteiger partial charge on any atom is 0.252 e. The third-order valence-corrected chi connectivity index (χ3v) is 3.66. The predicted molar refractivity (Wildman–Crippen MR) is 68.8 cm³/mol. The van der Waals surface area contributed by atoms with Gasteiger partial charge in [0.05, 0.1) is 0 Å². The molecule has 2 aliphatic rings. The van der Waals surface area contributed by atoms with Gasteiger partial charge in [-0.05, 0) is 25.2 Å². The van der Waals surface area contributed by atoms with Crippen LogP contribution in [-0.2, 0) is 4.79 Å². The van der Waals surface area contributed by atoms with Gasteiger partial charge in [0.1, 0.15) is 5.54 Å². The van der Waals surface area contributed by atoms with Crippen LogP contribution in [-0.4, -0.2) is 24.0 Å². The summed E-state index contributed by atoms with van der Waals surface area (Å²) in [6, 6.07) is 0. The van der Waals surface area contributed by atoms with Crippen LogP contribution in [0.25, 0.3) is 0 Å². The molecule has 0 bridgehead atoms. The van der Waals surface area contributed by atoms with Gasteiger partial charge in [0.15, 0.2) is 5.96 Å². The highest BCUT2D eigenvalue weighted by molar-refractivity contribution is 6.08. The van der Waals surface area contributed by atoms with E-state index >= 15 is 0 Å². The van der Waals surface area contributed by atoms with E-state index in [9.17, 15) is 4.79 Å². The Morgan fingerprint density at radius 3 is 2.71 bits per heavy atom. The van der Waals surface area contributed by atoms with E-state index in [1.807, 2.05) is 6.92 Å². The highest BCUT2D eigenvalue weighted by atomic mass is 16.2. The normalized spacial score (nSPS) is 31.5. The Kier molecular flexibility index (Phi) is 3.40. The van der Waals surface area contributed by atoms with Crippen LogP contribution in [0.1, 0.15) is 46.5 Å². The molecule has 1 heterocycles. The van der Waals surface area contributed by atoms with Crippen molar-refractivity contribution in [2.24, 2.45) is 16.8 Å². The van der Waals surface area contributed by atoms with Gasteiger partial charge >= 0.3 is 0 Å². The highest BCUT2D eigenvalue weighted by Gasteiger charge is 2.43. The van der Waals surface area contributed by atoms with Crippen molar-refractivity contribution >= 4 is 11.9 Å². The fraction of sp³-hybridized carbons (Fsp3) is 0.846. The average molecular weight is 237 g/mol. The number of nitrogens with zero attached hydrogens (tertiary/aromatic N) is 1. The topological polar surface area (TPSA) is 53.5 Å². The monoisotopic (exact) mass is 237 g/mol. The lowest BCUT2D eigenvalue weighted by Gasteiger charge is -2.32. The highest BCUT2D eigenvalue weighted by Crippen LogP contribution is 2.34. The van der Waals surface area contributed by atoms with Crippen molar-refractivity contribution < 1.29 is 4.79 Å². The Morgan fingerprint density at radius 2 is 2.18 bits per heavy atom. The minimum Gasteiger partial charge on any atom is -0.342 e. The summed E-state index contributed by atoms with van der Waals surface area (Å²) in [6.45, 7) is 6.98.